The minimum absolute atomic E-state index is 0.0420. The van der Waals surface area contributed by atoms with Gasteiger partial charge in [-0.05, 0) is 66.1 Å². The largest absolute Gasteiger partial charge is 0.354 e. The fourth-order valence-corrected chi connectivity index (χ4v) is 6.53. The highest BCUT2D eigenvalue weighted by Gasteiger charge is 2.34. The van der Waals surface area contributed by atoms with Crippen molar-refractivity contribution >= 4 is 55.1 Å². The number of rotatable bonds is 14. The van der Waals surface area contributed by atoms with Gasteiger partial charge in [0.2, 0.25) is 11.8 Å². The number of carbonyl (C=O) groups excluding carboxylic acids is 2. The highest BCUT2D eigenvalue weighted by molar-refractivity contribution is 9.10. The van der Waals surface area contributed by atoms with Crippen LogP contribution in [0.4, 0.5) is 5.69 Å². The summed E-state index contributed by atoms with van der Waals surface area (Å²) in [6.07, 6.45) is 1.95. The molecule has 44 heavy (non-hydrogen) atoms. The Hall–Kier alpha value is -3.66. The second kappa shape index (κ2) is 15.9. The van der Waals surface area contributed by atoms with E-state index in [1.165, 1.54) is 17.0 Å². The molecule has 0 aromatic heterocycles. The quantitative estimate of drug-likeness (QED) is 0.146. The lowest BCUT2D eigenvalue weighted by molar-refractivity contribution is -0.140. The Balaban J connectivity index is 1.77. The fourth-order valence-electron chi connectivity index (χ4n) is 4.70. The van der Waals surface area contributed by atoms with Crippen LogP contribution >= 0.6 is 27.5 Å². The number of anilines is 1. The molecule has 0 spiro atoms. The highest BCUT2D eigenvalue weighted by atomic mass is 79.9. The minimum atomic E-state index is -4.16. The number of amides is 2. The number of unbranched alkanes of at least 4 members (excludes halogenated alkanes) is 1. The Morgan fingerprint density at radius 2 is 1.45 bits per heavy atom. The summed E-state index contributed by atoms with van der Waals surface area (Å²) in [7, 11) is -4.16. The van der Waals surface area contributed by atoms with Gasteiger partial charge in [0.25, 0.3) is 10.0 Å². The van der Waals surface area contributed by atoms with Gasteiger partial charge in [-0.1, -0.05) is 102 Å². The molecule has 1 atom stereocenters. The lowest BCUT2D eigenvalue weighted by Crippen LogP contribution is -2.53. The van der Waals surface area contributed by atoms with Crippen LogP contribution in [0.2, 0.25) is 5.02 Å². The zero-order valence-electron chi connectivity index (χ0n) is 24.4. The molecule has 4 aromatic rings. The van der Waals surface area contributed by atoms with Crippen LogP contribution in [0.25, 0.3) is 0 Å². The molecule has 0 saturated heterocycles. The van der Waals surface area contributed by atoms with E-state index in [4.69, 9.17) is 11.6 Å². The molecule has 7 nitrogen and oxygen atoms in total. The van der Waals surface area contributed by atoms with E-state index in [0.29, 0.717) is 11.6 Å². The molecule has 10 heteroatoms. The SMILES string of the molecule is CCCCNC(=O)C(Cc1ccccc1)N(Cc1ccc(Br)cc1)C(=O)CN(c1ccc(Cl)cc1)S(=O)(=O)c1ccccc1. The maximum Gasteiger partial charge on any atom is 0.264 e. The first-order valence-corrected chi connectivity index (χ1v) is 17.0. The van der Waals surface area contributed by atoms with Crippen molar-refractivity contribution in [2.75, 3.05) is 17.4 Å². The van der Waals surface area contributed by atoms with Crippen LogP contribution in [0.5, 0.6) is 0 Å². The summed E-state index contributed by atoms with van der Waals surface area (Å²) in [5, 5.41) is 3.43. The molecule has 1 unspecified atom stereocenters. The molecular weight excluding hydrogens is 662 g/mol. The van der Waals surface area contributed by atoms with E-state index in [1.807, 2.05) is 61.5 Å². The molecule has 4 rings (SSSR count). The third kappa shape index (κ3) is 8.94. The number of carbonyl (C=O) groups is 2. The molecule has 4 aromatic carbocycles. The summed E-state index contributed by atoms with van der Waals surface area (Å²) in [5.41, 5.74) is 1.95. The zero-order valence-corrected chi connectivity index (χ0v) is 27.6. The Bertz CT molecular complexity index is 1620. The van der Waals surface area contributed by atoms with Crippen LogP contribution < -0.4 is 9.62 Å². The van der Waals surface area contributed by atoms with E-state index in [1.54, 1.807) is 42.5 Å². The van der Waals surface area contributed by atoms with Gasteiger partial charge in [-0.15, -0.1) is 0 Å². The molecule has 230 valence electrons. The third-order valence-corrected chi connectivity index (χ3v) is 9.66. The van der Waals surface area contributed by atoms with Crippen molar-refractivity contribution in [2.45, 2.75) is 43.7 Å². The van der Waals surface area contributed by atoms with Gasteiger partial charge in [-0.3, -0.25) is 13.9 Å². The second-order valence-electron chi connectivity index (χ2n) is 10.3. The Kier molecular flexibility index (Phi) is 12.0. The van der Waals surface area contributed by atoms with Crippen molar-refractivity contribution in [3.05, 3.63) is 130 Å². The molecule has 0 aliphatic carbocycles. The van der Waals surface area contributed by atoms with Crippen LogP contribution in [-0.2, 0) is 32.6 Å². The molecular formula is C34H35BrClN3O4S. The number of halogens is 2. The fraction of sp³-hybridized carbons (Fsp3) is 0.235. The van der Waals surface area contributed by atoms with Crippen LogP contribution in [0.3, 0.4) is 0 Å². The maximum atomic E-state index is 14.4. The van der Waals surface area contributed by atoms with Gasteiger partial charge in [-0.2, -0.15) is 0 Å². The molecule has 0 bridgehead atoms. The second-order valence-corrected chi connectivity index (χ2v) is 13.5. The number of benzene rings is 4. The van der Waals surface area contributed by atoms with Crippen LogP contribution in [0.1, 0.15) is 30.9 Å². The van der Waals surface area contributed by atoms with Crippen LogP contribution in [0.15, 0.2) is 119 Å². The summed E-state index contributed by atoms with van der Waals surface area (Å²) in [6, 6.07) is 30.3. The lowest BCUT2D eigenvalue weighted by atomic mass is 10.0. The van der Waals surface area contributed by atoms with Gasteiger partial charge < -0.3 is 10.2 Å². The van der Waals surface area contributed by atoms with E-state index in [2.05, 4.69) is 21.2 Å². The summed E-state index contributed by atoms with van der Waals surface area (Å²) in [5.74, 6) is -0.814. The van der Waals surface area contributed by atoms with E-state index in [0.717, 1.165) is 32.7 Å². The van der Waals surface area contributed by atoms with Gasteiger partial charge >= 0.3 is 0 Å². The third-order valence-electron chi connectivity index (χ3n) is 7.09. The first-order chi connectivity index (χ1) is 21.2. The summed E-state index contributed by atoms with van der Waals surface area (Å²) < 4.78 is 29.9. The van der Waals surface area contributed by atoms with Crippen molar-refractivity contribution in [3.63, 3.8) is 0 Å². The monoisotopic (exact) mass is 695 g/mol. The van der Waals surface area contributed by atoms with Gasteiger partial charge in [0, 0.05) is 29.0 Å². The average molecular weight is 697 g/mol. The standard InChI is InChI=1S/C34H35BrClN3O4S/c1-2-3-22-37-34(41)32(23-26-10-6-4-7-11-26)38(24-27-14-16-28(35)17-15-27)33(40)25-39(30-20-18-29(36)19-21-30)44(42,43)31-12-8-5-9-13-31/h4-21,32H,2-3,22-25H2,1H3,(H,37,41). The first kappa shape index (κ1) is 33.2. The van der Waals surface area contributed by atoms with Crippen molar-refractivity contribution in [2.24, 2.45) is 0 Å². The zero-order chi connectivity index (χ0) is 31.5. The number of hydrogen-bond donors (Lipinski definition) is 1. The molecule has 2 amide bonds. The predicted octanol–water partition coefficient (Wildman–Crippen LogP) is 6.85. The summed E-state index contributed by atoms with van der Waals surface area (Å²) in [4.78, 5) is 29.7. The molecule has 1 N–H and O–H groups in total. The van der Waals surface area contributed by atoms with Crippen molar-refractivity contribution < 1.29 is 18.0 Å². The van der Waals surface area contributed by atoms with Gasteiger partial charge in [0.05, 0.1) is 10.6 Å². The maximum absolute atomic E-state index is 14.4. The molecule has 0 aliphatic rings. The topological polar surface area (TPSA) is 86.8 Å². The van der Waals surface area contributed by atoms with Crippen molar-refractivity contribution in [1.29, 1.82) is 0 Å². The smallest absolute Gasteiger partial charge is 0.264 e. The van der Waals surface area contributed by atoms with E-state index in [9.17, 15) is 18.0 Å². The van der Waals surface area contributed by atoms with Gasteiger partial charge in [0.1, 0.15) is 12.6 Å². The molecule has 0 heterocycles. The molecule has 0 radical (unpaired) electrons. The first-order valence-electron chi connectivity index (χ1n) is 14.4. The molecule has 0 fully saturated rings. The Labute approximate surface area is 273 Å². The van der Waals surface area contributed by atoms with Gasteiger partial charge in [-0.25, -0.2) is 8.42 Å². The number of hydrogen-bond acceptors (Lipinski definition) is 4. The number of nitrogens with zero attached hydrogens (tertiary/aromatic N) is 2. The number of sulfonamides is 1. The summed E-state index contributed by atoms with van der Waals surface area (Å²) in [6.45, 7) is 2.09. The van der Waals surface area contributed by atoms with Crippen LogP contribution in [0, 0.1) is 0 Å². The van der Waals surface area contributed by atoms with E-state index < -0.39 is 28.5 Å². The van der Waals surface area contributed by atoms with E-state index in [-0.39, 0.29) is 29.5 Å². The van der Waals surface area contributed by atoms with Crippen molar-refractivity contribution in [1.82, 2.24) is 10.2 Å². The minimum Gasteiger partial charge on any atom is -0.354 e. The summed E-state index contributed by atoms with van der Waals surface area (Å²) >= 11 is 9.57. The highest BCUT2D eigenvalue weighted by Crippen LogP contribution is 2.26. The normalized spacial score (nSPS) is 11.9. The molecule has 0 saturated carbocycles. The number of nitrogens with one attached hydrogen (secondary N) is 1. The average Bonchev–Trinajstić information content (AvgIpc) is 3.03. The molecule has 0 aliphatic heterocycles. The van der Waals surface area contributed by atoms with Crippen molar-refractivity contribution in [3.8, 4) is 0 Å². The lowest BCUT2D eigenvalue weighted by Gasteiger charge is -2.34. The van der Waals surface area contributed by atoms with Crippen LogP contribution in [-0.4, -0.2) is 44.3 Å². The Morgan fingerprint density at radius 1 is 0.841 bits per heavy atom. The van der Waals surface area contributed by atoms with Gasteiger partial charge in [0.15, 0.2) is 0 Å². The van der Waals surface area contributed by atoms with E-state index >= 15 is 0 Å². The Morgan fingerprint density at radius 3 is 2.07 bits per heavy atom. The predicted molar refractivity (Wildman–Crippen MR) is 179 cm³/mol.